The topological polar surface area (TPSA) is 55.4 Å². The first kappa shape index (κ1) is 15.9. The van der Waals surface area contributed by atoms with Gasteiger partial charge in [0.1, 0.15) is 0 Å². The third-order valence-electron chi connectivity index (χ3n) is 2.55. The van der Waals surface area contributed by atoms with Gasteiger partial charge in [-0.05, 0) is 19.8 Å². The minimum Gasteiger partial charge on any atom is -0.378 e. The van der Waals surface area contributed by atoms with Gasteiger partial charge in [0.2, 0.25) is 10.0 Å². The number of rotatable bonds is 9. The summed E-state index contributed by atoms with van der Waals surface area (Å²) in [6.45, 7) is 8.73. The molecule has 0 spiro atoms. The highest BCUT2D eigenvalue weighted by Gasteiger charge is 2.12. The van der Waals surface area contributed by atoms with Gasteiger partial charge in [0, 0.05) is 6.54 Å². The molecule has 0 aromatic rings. The van der Waals surface area contributed by atoms with Gasteiger partial charge in [0.05, 0.1) is 18.5 Å². The molecule has 0 rings (SSSR count). The van der Waals surface area contributed by atoms with Gasteiger partial charge in [-0.15, -0.1) is 0 Å². The molecule has 0 aliphatic heterocycles. The van der Waals surface area contributed by atoms with Crippen LogP contribution < -0.4 is 4.72 Å². The molecular formula is C11H25NO3S. The highest BCUT2D eigenvalue weighted by atomic mass is 32.2. The molecule has 5 heteroatoms. The lowest BCUT2D eigenvalue weighted by atomic mass is 10.0. The summed E-state index contributed by atoms with van der Waals surface area (Å²) in [6, 6.07) is 0. The van der Waals surface area contributed by atoms with Gasteiger partial charge in [-0.25, -0.2) is 13.1 Å². The number of sulfonamides is 1. The molecule has 0 atom stereocenters. The van der Waals surface area contributed by atoms with Crippen LogP contribution in [0.4, 0.5) is 0 Å². The molecule has 16 heavy (non-hydrogen) atoms. The smallest absolute Gasteiger partial charge is 0.213 e. The molecule has 0 saturated heterocycles. The van der Waals surface area contributed by atoms with Crippen molar-refractivity contribution in [3.63, 3.8) is 0 Å². The van der Waals surface area contributed by atoms with Gasteiger partial charge >= 0.3 is 0 Å². The minimum absolute atomic E-state index is 0.0470. The zero-order valence-corrected chi connectivity index (χ0v) is 11.6. The summed E-state index contributed by atoms with van der Waals surface area (Å²) in [5, 5.41) is 0. The molecule has 0 unspecified atom stereocenters. The van der Waals surface area contributed by atoms with Crippen LogP contribution in [-0.2, 0) is 14.8 Å². The van der Waals surface area contributed by atoms with Crippen LogP contribution in [-0.4, -0.2) is 33.4 Å². The standard InChI is InChI=1S/C11H25NO3S/c1-5-11(6-2)9-12-16(13,14)8-7-15-10(3)4/h10-12H,5-9H2,1-4H3. The van der Waals surface area contributed by atoms with E-state index in [-0.39, 0.29) is 18.5 Å². The molecule has 0 saturated carbocycles. The van der Waals surface area contributed by atoms with Crippen LogP contribution in [0.25, 0.3) is 0 Å². The Morgan fingerprint density at radius 1 is 1.19 bits per heavy atom. The average molecular weight is 251 g/mol. The molecule has 0 aromatic carbocycles. The van der Waals surface area contributed by atoms with Crippen molar-refractivity contribution in [2.75, 3.05) is 18.9 Å². The second-order valence-corrected chi connectivity index (χ2v) is 6.20. The Morgan fingerprint density at radius 2 is 1.75 bits per heavy atom. The lowest BCUT2D eigenvalue weighted by molar-refractivity contribution is 0.0911. The third-order valence-corrected chi connectivity index (χ3v) is 3.86. The van der Waals surface area contributed by atoms with Crippen LogP contribution >= 0.6 is 0 Å². The molecule has 4 nitrogen and oxygen atoms in total. The quantitative estimate of drug-likeness (QED) is 0.679. The number of nitrogens with one attached hydrogen (secondary N) is 1. The fourth-order valence-corrected chi connectivity index (χ4v) is 2.24. The maximum atomic E-state index is 11.6. The second-order valence-electron chi connectivity index (χ2n) is 4.27. The van der Waals surface area contributed by atoms with Crippen molar-refractivity contribution in [2.24, 2.45) is 5.92 Å². The van der Waals surface area contributed by atoms with Crippen molar-refractivity contribution in [3.8, 4) is 0 Å². The van der Waals surface area contributed by atoms with Crippen LogP contribution in [0.2, 0.25) is 0 Å². The molecule has 0 aromatic heterocycles. The van der Waals surface area contributed by atoms with Crippen LogP contribution in [0.3, 0.4) is 0 Å². The highest BCUT2D eigenvalue weighted by Crippen LogP contribution is 2.05. The molecule has 0 radical (unpaired) electrons. The van der Waals surface area contributed by atoms with Crippen molar-refractivity contribution < 1.29 is 13.2 Å². The van der Waals surface area contributed by atoms with E-state index in [9.17, 15) is 8.42 Å². The molecule has 1 N–H and O–H groups in total. The first-order chi connectivity index (χ1) is 7.41. The predicted octanol–water partition coefficient (Wildman–Crippen LogP) is 1.77. The first-order valence-corrected chi connectivity index (χ1v) is 7.65. The lowest BCUT2D eigenvalue weighted by Gasteiger charge is -2.14. The van der Waals surface area contributed by atoms with Crippen LogP contribution in [0.1, 0.15) is 40.5 Å². The summed E-state index contributed by atoms with van der Waals surface area (Å²) in [5.74, 6) is 0.478. The molecule has 0 amide bonds. The fourth-order valence-electron chi connectivity index (χ4n) is 1.29. The van der Waals surface area contributed by atoms with Crippen molar-refractivity contribution in [1.82, 2.24) is 4.72 Å². The van der Waals surface area contributed by atoms with Gasteiger partial charge in [-0.3, -0.25) is 0 Å². The largest absolute Gasteiger partial charge is 0.378 e. The molecule has 0 heterocycles. The van der Waals surface area contributed by atoms with Gasteiger partial charge in [-0.1, -0.05) is 26.7 Å². The maximum Gasteiger partial charge on any atom is 0.213 e. The van der Waals surface area contributed by atoms with Crippen LogP contribution in [0.5, 0.6) is 0 Å². The summed E-state index contributed by atoms with van der Waals surface area (Å²) in [7, 11) is -3.17. The summed E-state index contributed by atoms with van der Waals surface area (Å²) in [4.78, 5) is 0. The van der Waals surface area contributed by atoms with Gasteiger partial charge in [0.15, 0.2) is 0 Å². The summed E-state index contributed by atoms with van der Waals surface area (Å²) < 4.78 is 31.0. The average Bonchev–Trinajstić information content (AvgIpc) is 2.18. The fraction of sp³-hybridized carbons (Fsp3) is 1.00. The van der Waals surface area contributed by atoms with E-state index < -0.39 is 10.0 Å². The van der Waals surface area contributed by atoms with Crippen molar-refractivity contribution in [2.45, 2.75) is 46.6 Å². The van der Waals surface area contributed by atoms with Gasteiger partial charge in [0.25, 0.3) is 0 Å². The third kappa shape index (κ3) is 8.07. The Balaban J connectivity index is 3.87. The van der Waals surface area contributed by atoms with E-state index in [0.29, 0.717) is 12.5 Å². The minimum atomic E-state index is -3.17. The summed E-state index contributed by atoms with van der Waals surface area (Å²) >= 11 is 0. The summed E-state index contributed by atoms with van der Waals surface area (Å²) in [6.07, 6.45) is 2.08. The molecule has 0 aliphatic carbocycles. The number of hydrogen-bond donors (Lipinski definition) is 1. The number of hydrogen-bond acceptors (Lipinski definition) is 3. The van der Waals surface area contributed by atoms with Gasteiger partial charge in [-0.2, -0.15) is 0 Å². The van der Waals surface area contributed by atoms with Gasteiger partial charge < -0.3 is 4.74 Å². The maximum absolute atomic E-state index is 11.6. The second kappa shape index (κ2) is 8.03. The molecule has 0 fully saturated rings. The Morgan fingerprint density at radius 3 is 2.19 bits per heavy atom. The monoisotopic (exact) mass is 251 g/mol. The molecular weight excluding hydrogens is 226 g/mol. The van der Waals surface area contributed by atoms with E-state index in [1.54, 1.807) is 0 Å². The Hall–Kier alpha value is -0.130. The molecule has 0 bridgehead atoms. The predicted molar refractivity (Wildman–Crippen MR) is 66.9 cm³/mol. The van der Waals surface area contributed by atoms with Crippen molar-refractivity contribution in [1.29, 1.82) is 0 Å². The normalized spacial score (nSPS) is 12.6. The molecule has 98 valence electrons. The van der Waals surface area contributed by atoms with E-state index >= 15 is 0 Å². The number of ether oxygens (including phenoxy) is 1. The highest BCUT2D eigenvalue weighted by molar-refractivity contribution is 7.89. The lowest BCUT2D eigenvalue weighted by Crippen LogP contribution is -2.32. The Bertz CT molecular complexity index is 258. The SMILES string of the molecule is CCC(CC)CNS(=O)(=O)CCOC(C)C. The zero-order chi connectivity index (χ0) is 12.6. The molecule has 0 aliphatic rings. The Labute approximate surface area is 99.8 Å². The van der Waals surface area contributed by atoms with E-state index in [1.165, 1.54) is 0 Å². The van der Waals surface area contributed by atoms with Crippen LogP contribution in [0, 0.1) is 5.92 Å². The van der Waals surface area contributed by atoms with E-state index in [2.05, 4.69) is 18.6 Å². The van der Waals surface area contributed by atoms with E-state index in [0.717, 1.165) is 12.8 Å². The van der Waals surface area contributed by atoms with E-state index in [1.807, 2.05) is 13.8 Å². The van der Waals surface area contributed by atoms with Crippen molar-refractivity contribution in [3.05, 3.63) is 0 Å². The zero-order valence-electron chi connectivity index (χ0n) is 10.8. The van der Waals surface area contributed by atoms with Crippen LogP contribution in [0.15, 0.2) is 0 Å². The van der Waals surface area contributed by atoms with Crippen molar-refractivity contribution >= 4 is 10.0 Å². The summed E-state index contributed by atoms with van der Waals surface area (Å²) in [5.41, 5.74) is 0. The first-order valence-electron chi connectivity index (χ1n) is 6.00. The van der Waals surface area contributed by atoms with E-state index in [4.69, 9.17) is 4.74 Å². The Kier molecular flexibility index (Phi) is 7.97.